The molecule has 0 aliphatic carbocycles. The van der Waals surface area contributed by atoms with Gasteiger partial charge in [0.25, 0.3) is 11.7 Å². The van der Waals surface area contributed by atoms with Gasteiger partial charge in [0.15, 0.2) is 0 Å². The molecule has 1 aromatic carbocycles. The molecule has 0 aliphatic heterocycles. The van der Waals surface area contributed by atoms with Crippen LogP contribution in [0, 0.1) is 0 Å². The predicted molar refractivity (Wildman–Crippen MR) is 92.6 cm³/mol. The molecule has 0 spiro atoms. The summed E-state index contributed by atoms with van der Waals surface area (Å²) in [5, 5.41) is 2.61. The zero-order valence-corrected chi connectivity index (χ0v) is 14.0. The standard InChI is InChI=1S/C17H12F2N4O2S/c18-16(19)26-15-13(3-1-8-20-15)14(24)23-11-4-6-12(7-5-11)25-17-21-9-2-10-22-17/h1-10,16H,(H,23,24). The Hall–Kier alpha value is -3.07. The summed E-state index contributed by atoms with van der Waals surface area (Å²) in [6.07, 6.45) is 4.47. The van der Waals surface area contributed by atoms with E-state index in [1.165, 1.54) is 18.3 Å². The highest BCUT2D eigenvalue weighted by Crippen LogP contribution is 2.27. The van der Waals surface area contributed by atoms with Crippen molar-refractivity contribution in [1.82, 2.24) is 15.0 Å². The minimum absolute atomic E-state index is 0.0267. The second-order valence-corrected chi connectivity index (χ2v) is 5.83. The van der Waals surface area contributed by atoms with E-state index in [9.17, 15) is 13.6 Å². The first-order chi connectivity index (χ1) is 12.6. The molecule has 2 heterocycles. The van der Waals surface area contributed by atoms with Crippen LogP contribution in [0.2, 0.25) is 0 Å². The lowest BCUT2D eigenvalue weighted by Gasteiger charge is -2.09. The Kier molecular flexibility index (Phi) is 5.69. The van der Waals surface area contributed by atoms with Crippen LogP contribution in [-0.4, -0.2) is 26.6 Å². The van der Waals surface area contributed by atoms with E-state index in [4.69, 9.17) is 4.74 Å². The van der Waals surface area contributed by atoms with Crippen molar-refractivity contribution >= 4 is 23.4 Å². The van der Waals surface area contributed by atoms with Crippen LogP contribution in [0.15, 0.2) is 66.1 Å². The SMILES string of the molecule is O=C(Nc1ccc(Oc2ncccn2)cc1)c1cccnc1SC(F)F. The summed E-state index contributed by atoms with van der Waals surface area (Å²) in [6.45, 7) is 0. The summed E-state index contributed by atoms with van der Waals surface area (Å²) in [6, 6.07) is 11.3. The fraction of sp³-hybridized carbons (Fsp3) is 0.0588. The van der Waals surface area contributed by atoms with E-state index < -0.39 is 11.7 Å². The first kappa shape index (κ1) is 17.7. The average molecular weight is 374 g/mol. The van der Waals surface area contributed by atoms with Gasteiger partial charge in [-0.2, -0.15) is 8.78 Å². The molecule has 0 atom stereocenters. The van der Waals surface area contributed by atoms with Crippen molar-refractivity contribution in [1.29, 1.82) is 0 Å². The number of halogens is 2. The van der Waals surface area contributed by atoms with Gasteiger partial charge in [0.2, 0.25) is 0 Å². The quantitative estimate of drug-likeness (QED) is 0.651. The number of carbonyl (C=O) groups is 1. The zero-order valence-electron chi connectivity index (χ0n) is 13.2. The summed E-state index contributed by atoms with van der Waals surface area (Å²) >= 11 is 0.228. The van der Waals surface area contributed by atoms with Gasteiger partial charge in [-0.15, -0.1) is 0 Å². The summed E-state index contributed by atoms with van der Waals surface area (Å²) in [7, 11) is 0. The fourth-order valence-corrected chi connectivity index (χ4v) is 2.57. The molecule has 0 saturated heterocycles. The number of nitrogens with one attached hydrogen (secondary N) is 1. The van der Waals surface area contributed by atoms with Crippen molar-refractivity contribution in [3.8, 4) is 11.8 Å². The average Bonchev–Trinajstić information content (AvgIpc) is 2.64. The minimum Gasteiger partial charge on any atom is -0.424 e. The van der Waals surface area contributed by atoms with E-state index in [0.29, 0.717) is 11.4 Å². The van der Waals surface area contributed by atoms with Gasteiger partial charge < -0.3 is 10.1 Å². The second-order valence-electron chi connectivity index (χ2n) is 4.85. The van der Waals surface area contributed by atoms with Crippen LogP contribution in [0.1, 0.15) is 10.4 Å². The number of nitrogens with zero attached hydrogens (tertiary/aromatic N) is 3. The molecule has 0 unspecified atom stereocenters. The van der Waals surface area contributed by atoms with Crippen LogP contribution in [0.3, 0.4) is 0 Å². The third-order valence-corrected chi connectivity index (χ3v) is 3.81. The van der Waals surface area contributed by atoms with E-state index in [-0.39, 0.29) is 28.4 Å². The number of rotatable bonds is 6. The van der Waals surface area contributed by atoms with Gasteiger partial charge in [-0.3, -0.25) is 4.79 Å². The topological polar surface area (TPSA) is 77.0 Å². The molecule has 9 heteroatoms. The Morgan fingerprint density at radius 2 is 1.69 bits per heavy atom. The van der Waals surface area contributed by atoms with E-state index in [2.05, 4.69) is 20.3 Å². The van der Waals surface area contributed by atoms with Crippen LogP contribution >= 0.6 is 11.8 Å². The lowest BCUT2D eigenvalue weighted by atomic mass is 10.2. The number of pyridine rings is 1. The third kappa shape index (κ3) is 4.73. The molecule has 1 amide bonds. The monoisotopic (exact) mass is 374 g/mol. The van der Waals surface area contributed by atoms with Gasteiger partial charge >= 0.3 is 6.01 Å². The van der Waals surface area contributed by atoms with Crippen LogP contribution in [0.25, 0.3) is 0 Å². The molecule has 0 saturated carbocycles. The summed E-state index contributed by atoms with van der Waals surface area (Å²) in [5.74, 6) is -2.70. The molecule has 3 aromatic rings. The highest BCUT2D eigenvalue weighted by Gasteiger charge is 2.16. The smallest absolute Gasteiger partial charge is 0.321 e. The highest BCUT2D eigenvalue weighted by atomic mass is 32.2. The Labute approximate surface area is 151 Å². The van der Waals surface area contributed by atoms with Gasteiger partial charge in [0, 0.05) is 24.3 Å². The van der Waals surface area contributed by atoms with Crippen molar-refractivity contribution in [3.63, 3.8) is 0 Å². The lowest BCUT2D eigenvalue weighted by Crippen LogP contribution is -2.13. The van der Waals surface area contributed by atoms with Crippen LogP contribution in [0.4, 0.5) is 14.5 Å². The maximum Gasteiger partial charge on any atom is 0.321 e. The van der Waals surface area contributed by atoms with E-state index >= 15 is 0 Å². The zero-order chi connectivity index (χ0) is 18.4. The molecule has 6 nitrogen and oxygen atoms in total. The van der Waals surface area contributed by atoms with E-state index in [0.717, 1.165) is 0 Å². The van der Waals surface area contributed by atoms with Gasteiger partial charge in [0.05, 0.1) is 5.56 Å². The largest absolute Gasteiger partial charge is 0.424 e. The number of benzene rings is 1. The van der Waals surface area contributed by atoms with Gasteiger partial charge in [-0.1, -0.05) is 0 Å². The fourth-order valence-electron chi connectivity index (χ4n) is 1.99. The number of hydrogen-bond acceptors (Lipinski definition) is 6. The number of ether oxygens (including phenoxy) is 1. The molecule has 2 aromatic heterocycles. The molecule has 1 N–H and O–H groups in total. The second kappa shape index (κ2) is 8.34. The van der Waals surface area contributed by atoms with Crippen LogP contribution in [-0.2, 0) is 0 Å². The first-order valence-electron chi connectivity index (χ1n) is 7.38. The molecular weight excluding hydrogens is 362 g/mol. The normalized spacial score (nSPS) is 10.6. The van der Waals surface area contributed by atoms with Crippen molar-refractivity contribution in [3.05, 3.63) is 66.6 Å². The molecule has 0 radical (unpaired) electrons. The van der Waals surface area contributed by atoms with E-state index in [1.54, 1.807) is 42.7 Å². The molecule has 0 bridgehead atoms. The van der Waals surface area contributed by atoms with Gasteiger partial charge in [-0.05, 0) is 54.2 Å². The van der Waals surface area contributed by atoms with Crippen molar-refractivity contribution < 1.29 is 18.3 Å². The predicted octanol–water partition coefficient (Wildman–Crippen LogP) is 4.23. The maximum absolute atomic E-state index is 12.6. The van der Waals surface area contributed by atoms with Crippen molar-refractivity contribution in [2.45, 2.75) is 10.8 Å². The number of aromatic nitrogens is 3. The van der Waals surface area contributed by atoms with E-state index in [1.807, 2.05) is 0 Å². The molecule has 3 rings (SSSR count). The summed E-state index contributed by atoms with van der Waals surface area (Å²) < 4.78 is 30.6. The highest BCUT2D eigenvalue weighted by molar-refractivity contribution is 7.99. The molecule has 26 heavy (non-hydrogen) atoms. The maximum atomic E-state index is 12.6. The van der Waals surface area contributed by atoms with Gasteiger partial charge in [-0.25, -0.2) is 15.0 Å². The minimum atomic E-state index is -2.66. The molecule has 132 valence electrons. The Bertz CT molecular complexity index is 879. The van der Waals surface area contributed by atoms with Gasteiger partial charge in [0.1, 0.15) is 10.8 Å². The van der Waals surface area contributed by atoms with Crippen molar-refractivity contribution in [2.24, 2.45) is 0 Å². The Morgan fingerprint density at radius 3 is 2.38 bits per heavy atom. The number of hydrogen-bond donors (Lipinski definition) is 1. The van der Waals surface area contributed by atoms with Crippen molar-refractivity contribution in [2.75, 3.05) is 5.32 Å². The summed E-state index contributed by atoms with van der Waals surface area (Å²) in [5.41, 5.74) is 0.559. The van der Waals surface area contributed by atoms with Crippen LogP contribution < -0.4 is 10.1 Å². The number of alkyl halides is 2. The number of anilines is 1. The molecule has 0 aliphatic rings. The Morgan fingerprint density at radius 1 is 1.00 bits per heavy atom. The Balaban J connectivity index is 1.68. The number of amides is 1. The lowest BCUT2D eigenvalue weighted by molar-refractivity contribution is 0.102. The number of carbonyl (C=O) groups excluding carboxylic acids is 1. The third-order valence-electron chi connectivity index (χ3n) is 3.08. The first-order valence-corrected chi connectivity index (χ1v) is 8.26. The molecule has 0 fully saturated rings. The van der Waals surface area contributed by atoms with Crippen LogP contribution in [0.5, 0.6) is 11.8 Å². The number of thioether (sulfide) groups is 1. The summed E-state index contributed by atoms with van der Waals surface area (Å²) in [4.78, 5) is 24.1. The molecular formula is C17H12F2N4O2S.